The molecule has 1 amide bonds. The fraction of sp³-hybridized carbons (Fsp3) is 0.154. The van der Waals surface area contributed by atoms with Gasteiger partial charge in [0.15, 0.2) is 0 Å². The Hall–Kier alpha value is -2.30. The quantitative estimate of drug-likeness (QED) is 0.840. The number of aromatic nitrogens is 2. The largest absolute Gasteiger partial charge is 0.347 e. The average Bonchev–Trinajstić information content (AvgIpc) is 2.38. The Morgan fingerprint density at radius 2 is 2.17 bits per heavy atom. The minimum absolute atomic E-state index is 0.0649. The first-order valence-electron chi connectivity index (χ1n) is 5.47. The van der Waals surface area contributed by atoms with Crippen LogP contribution in [0.1, 0.15) is 21.7 Å². The summed E-state index contributed by atoms with van der Waals surface area (Å²) in [6.45, 7) is 2.23. The third-order valence-electron chi connectivity index (χ3n) is 2.37. The second-order valence-electron chi connectivity index (χ2n) is 3.84. The molecule has 0 spiro atoms. The van der Waals surface area contributed by atoms with Gasteiger partial charge in [-0.3, -0.25) is 9.78 Å². The highest BCUT2D eigenvalue weighted by molar-refractivity contribution is 5.92. The molecule has 4 nitrogen and oxygen atoms in total. The van der Waals surface area contributed by atoms with Crippen molar-refractivity contribution in [3.8, 4) is 0 Å². The molecule has 2 aromatic heterocycles. The number of aryl methyl sites for hydroxylation is 1. The van der Waals surface area contributed by atoms with E-state index in [1.807, 2.05) is 19.1 Å². The van der Waals surface area contributed by atoms with Crippen molar-refractivity contribution in [1.82, 2.24) is 15.3 Å². The molecule has 1 N–H and O–H groups in total. The van der Waals surface area contributed by atoms with Crippen molar-refractivity contribution in [3.05, 3.63) is 59.4 Å². The minimum Gasteiger partial charge on any atom is -0.347 e. The Morgan fingerprint density at radius 1 is 1.33 bits per heavy atom. The van der Waals surface area contributed by atoms with Crippen LogP contribution in [0.2, 0.25) is 0 Å². The highest BCUT2D eigenvalue weighted by Gasteiger charge is 2.07. The number of rotatable bonds is 3. The van der Waals surface area contributed by atoms with E-state index >= 15 is 0 Å². The number of halogens is 1. The average molecular weight is 245 g/mol. The van der Waals surface area contributed by atoms with Crippen LogP contribution in [0.25, 0.3) is 0 Å². The molecule has 18 heavy (non-hydrogen) atoms. The Labute approximate surface area is 104 Å². The molecular formula is C13H12FN3O. The molecule has 5 heteroatoms. The van der Waals surface area contributed by atoms with Crippen LogP contribution in [-0.2, 0) is 6.54 Å². The number of amides is 1. The van der Waals surface area contributed by atoms with E-state index in [0.29, 0.717) is 6.54 Å². The fourth-order valence-electron chi connectivity index (χ4n) is 1.41. The van der Waals surface area contributed by atoms with Crippen molar-refractivity contribution < 1.29 is 9.18 Å². The van der Waals surface area contributed by atoms with Crippen LogP contribution >= 0.6 is 0 Å². The molecule has 0 bridgehead atoms. The van der Waals surface area contributed by atoms with Gasteiger partial charge in [-0.1, -0.05) is 12.1 Å². The zero-order chi connectivity index (χ0) is 13.0. The van der Waals surface area contributed by atoms with Crippen LogP contribution in [0.3, 0.4) is 0 Å². The summed E-state index contributed by atoms with van der Waals surface area (Å²) in [7, 11) is 0. The molecular weight excluding hydrogens is 233 g/mol. The molecule has 2 rings (SSSR count). The maximum absolute atomic E-state index is 12.8. The first-order valence-corrected chi connectivity index (χ1v) is 5.47. The van der Waals surface area contributed by atoms with Gasteiger partial charge >= 0.3 is 0 Å². The lowest BCUT2D eigenvalue weighted by Crippen LogP contribution is -2.24. The predicted molar refractivity (Wildman–Crippen MR) is 64.3 cm³/mol. The molecule has 0 radical (unpaired) electrons. The predicted octanol–water partition coefficient (Wildman–Crippen LogP) is 1.85. The molecule has 0 aromatic carbocycles. The molecule has 0 unspecified atom stereocenters. The lowest BCUT2D eigenvalue weighted by Gasteiger charge is -2.04. The van der Waals surface area contributed by atoms with Crippen LogP contribution in [0.15, 0.2) is 36.5 Å². The van der Waals surface area contributed by atoms with Gasteiger partial charge in [0.2, 0.25) is 5.95 Å². The molecule has 0 fully saturated rings. The van der Waals surface area contributed by atoms with E-state index in [0.717, 1.165) is 11.3 Å². The van der Waals surface area contributed by atoms with Crippen LogP contribution in [0.4, 0.5) is 4.39 Å². The van der Waals surface area contributed by atoms with Crippen molar-refractivity contribution in [2.45, 2.75) is 13.5 Å². The van der Waals surface area contributed by atoms with E-state index in [2.05, 4.69) is 15.3 Å². The zero-order valence-corrected chi connectivity index (χ0v) is 9.85. The Morgan fingerprint density at radius 3 is 2.83 bits per heavy atom. The standard InChI is InChI=1S/C13H12FN3O/c1-9-5-6-10(7-15-9)8-16-13(18)11-3-2-4-12(14)17-11/h2-7H,8H2,1H3,(H,16,18). The van der Waals surface area contributed by atoms with Gasteiger partial charge in [-0.2, -0.15) is 4.39 Å². The smallest absolute Gasteiger partial charge is 0.270 e. The summed E-state index contributed by atoms with van der Waals surface area (Å²) < 4.78 is 12.8. The van der Waals surface area contributed by atoms with Crippen LogP contribution in [0.5, 0.6) is 0 Å². The molecule has 0 saturated carbocycles. The molecule has 0 aliphatic carbocycles. The number of pyridine rings is 2. The number of hydrogen-bond acceptors (Lipinski definition) is 3. The van der Waals surface area contributed by atoms with E-state index in [1.54, 1.807) is 6.20 Å². The fourth-order valence-corrected chi connectivity index (χ4v) is 1.41. The summed E-state index contributed by atoms with van der Waals surface area (Å²) >= 11 is 0. The highest BCUT2D eigenvalue weighted by atomic mass is 19.1. The van der Waals surface area contributed by atoms with Crippen molar-refractivity contribution in [2.24, 2.45) is 0 Å². The molecule has 0 atom stereocenters. The number of carbonyl (C=O) groups is 1. The van der Waals surface area contributed by atoms with E-state index in [9.17, 15) is 9.18 Å². The van der Waals surface area contributed by atoms with Gasteiger partial charge < -0.3 is 5.32 Å². The van der Waals surface area contributed by atoms with Crippen LogP contribution in [-0.4, -0.2) is 15.9 Å². The number of carbonyl (C=O) groups excluding carboxylic acids is 1. The Kier molecular flexibility index (Phi) is 3.62. The van der Waals surface area contributed by atoms with Gasteiger partial charge in [0.1, 0.15) is 5.69 Å². The Bertz CT molecular complexity index is 554. The van der Waals surface area contributed by atoms with E-state index in [4.69, 9.17) is 0 Å². The van der Waals surface area contributed by atoms with E-state index in [-0.39, 0.29) is 5.69 Å². The van der Waals surface area contributed by atoms with Gasteiger partial charge in [-0.05, 0) is 30.7 Å². The Balaban J connectivity index is 1.98. The number of nitrogens with zero attached hydrogens (tertiary/aromatic N) is 2. The monoisotopic (exact) mass is 245 g/mol. The summed E-state index contributed by atoms with van der Waals surface area (Å²) in [5.74, 6) is -1.07. The molecule has 0 aliphatic rings. The van der Waals surface area contributed by atoms with Gasteiger partial charge in [0.25, 0.3) is 5.91 Å². The first kappa shape index (κ1) is 12.2. The minimum atomic E-state index is -0.667. The lowest BCUT2D eigenvalue weighted by atomic mass is 10.2. The van der Waals surface area contributed by atoms with Crippen LogP contribution in [0, 0.1) is 12.9 Å². The van der Waals surface area contributed by atoms with Gasteiger partial charge in [0, 0.05) is 18.4 Å². The SMILES string of the molecule is Cc1ccc(CNC(=O)c2cccc(F)n2)cn1. The molecule has 2 aromatic rings. The van der Waals surface area contributed by atoms with Crippen molar-refractivity contribution >= 4 is 5.91 Å². The van der Waals surface area contributed by atoms with Gasteiger partial charge in [-0.15, -0.1) is 0 Å². The summed E-state index contributed by atoms with van der Waals surface area (Å²) in [5, 5.41) is 2.65. The maximum Gasteiger partial charge on any atom is 0.270 e. The van der Waals surface area contributed by atoms with Crippen molar-refractivity contribution in [1.29, 1.82) is 0 Å². The molecule has 0 aliphatic heterocycles. The lowest BCUT2D eigenvalue weighted by molar-refractivity contribution is 0.0944. The van der Waals surface area contributed by atoms with E-state index < -0.39 is 11.9 Å². The summed E-state index contributed by atoms with van der Waals surface area (Å²) in [4.78, 5) is 19.3. The van der Waals surface area contributed by atoms with Crippen molar-refractivity contribution in [2.75, 3.05) is 0 Å². The first-order chi connectivity index (χ1) is 8.65. The zero-order valence-electron chi connectivity index (χ0n) is 9.85. The number of hydrogen-bond donors (Lipinski definition) is 1. The third-order valence-corrected chi connectivity index (χ3v) is 2.37. The van der Waals surface area contributed by atoms with Gasteiger partial charge in [0.05, 0.1) is 0 Å². The van der Waals surface area contributed by atoms with Crippen molar-refractivity contribution in [3.63, 3.8) is 0 Å². The summed E-state index contributed by atoms with van der Waals surface area (Å²) in [6, 6.07) is 7.85. The summed E-state index contributed by atoms with van der Waals surface area (Å²) in [6.07, 6.45) is 1.69. The van der Waals surface area contributed by atoms with Gasteiger partial charge in [-0.25, -0.2) is 4.98 Å². The summed E-state index contributed by atoms with van der Waals surface area (Å²) in [5.41, 5.74) is 1.86. The molecule has 92 valence electrons. The second-order valence-corrected chi connectivity index (χ2v) is 3.84. The van der Waals surface area contributed by atoms with Crippen LogP contribution < -0.4 is 5.32 Å². The second kappa shape index (κ2) is 5.35. The normalized spacial score (nSPS) is 10.1. The molecule has 2 heterocycles. The third kappa shape index (κ3) is 3.10. The highest BCUT2D eigenvalue weighted by Crippen LogP contribution is 2.01. The maximum atomic E-state index is 12.8. The topological polar surface area (TPSA) is 54.9 Å². The molecule has 0 saturated heterocycles. The van der Waals surface area contributed by atoms with E-state index in [1.165, 1.54) is 18.2 Å². The number of nitrogens with one attached hydrogen (secondary N) is 1.